The Morgan fingerprint density at radius 2 is 2.14 bits per heavy atom. The average Bonchev–Trinajstić information content (AvgIpc) is 2.57. The van der Waals surface area contributed by atoms with Crippen molar-refractivity contribution >= 4 is 5.69 Å². The Labute approximate surface area is 81.8 Å². The van der Waals surface area contributed by atoms with Crippen LogP contribution in [0.25, 0.3) is 11.6 Å². The molecule has 72 valence electrons. The molecule has 0 aliphatic carbocycles. The minimum atomic E-state index is 0.583. The number of nitrogen functional groups attached to an aromatic ring is 1. The zero-order chi connectivity index (χ0) is 10.1. The van der Waals surface area contributed by atoms with Gasteiger partial charge in [0.1, 0.15) is 0 Å². The molecule has 4 heteroatoms. The lowest BCUT2D eigenvalue weighted by Gasteiger charge is -2.01. The standard InChI is InChI=1S/C10H11N3O/c1-6-3-4-14-9(6)10-12-5-8(11)7(2)13-10/h3-5H,11H2,1-2H3. The van der Waals surface area contributed by atoms with Crippen LogP contribution >= 0.6 is 0 Å². The summed E-state index contributed by atoms with van der Waals surface area (Å²) in [7, 11) is 0. The van der Waals surface area contributed by atoms with E-state index in [1.807, 2.05) is 19.9 Å². The maximum absolute atomic E-state index is 5.62. The number of aryl methyl sites for hydroxylation is 2. The van der Waals surface area contributed by atoms with E-state index in [1.54, 1.807) is 12.5 Å². The first-order valence-corrected chi connectivity index (χ1v) is 4.32. The lowest BCUT2D eigenvalue weighted by molar-refractivity contribution is 0.575. The second kappa shape index (κ2) is 3.14. The fourth-order valence-electron chi connectivity index (χ4n) is 1.19. The van der Waals surface area contributed by atoms with Crippen molar-refractivity contribution in [2.75, 3.05) is 5.73 Å². The van der Waals surface area contributed by atoms with Gasteiger partial charge >= 0.3 is 0 Å². The van der Waals surface area contributed by atoms with Crippen molar-refractivity contribution in [1.29, 1.82) is 0 Å². The molecule has 2 aromatic heterocycles. The smallest absolute Gasteiger partial charge is 0.196 e. The van der Waals surface area contributed by atoms with E-state index in [0.717, 1.165) is 11.3 Å². The quantitative estimate of drug-likeness (QED) is 0.744. The lowest BCUT2D eigenvalue weighted by atomic mass is 10.2. The summed E-state index contributed by atoms with van der Waals surface area (Å²) in [5.74, 6) is 1.28. The van der Waals surface area contributed by atoms with Crippen LogP contribution in [0.5, 0.6) is 0 Å². The molecule has 0 aliphatic heterocycles. The number of nitrogens with two attached hydrogens (primary N) is 1. The molecular weight excluding hydrogens is 178 g/mol. The Kier molecular flexibility index (Phi) is 1.96. The minimum Gasteiger partial charge on any atom is -0.461 e. The summed E-state index contributed by atoms with van der Waals surface area (Å²) in [4.78, 5) is 8.36. The van der Waals surface area contributed by atoms with Crippen LogP contribution in [0.1, 0.15) is 11.3 Å². The van der Waals surface area contributed by atoms with Crippen LogP contribution in [0, 0.1) is 13.8 Å². The van der Waals surface area contributed by atoms with Crippen LogP contribution in [0.4, 0.5) is 5.69 Å². The predicted molar refractivity (Wildman–Crippen MR) is 53.6 cm³/mol. The summed E-state index contributed by atoms with van der Waals surface area (Å²) in [5.41, 5.74) is 8.01. The van der Waals surface area contributed by atoms with Gasteiger partial charge in [0.05, 0.1) is 23.8 Å². The van der Waals surface area contributed by atoms with Gasteiger partial charge in [0, 0.05) is 0 Å². The third-order valence-corrected chi connectivity index (χ3v) is 2.08. The first-order valence-electron chi connectivity index (χ1n) is 4.32. The molecule has 14 heavy (non-hydrogen) atoms. The van der Waals surface area contributed by atoms with Gasteiger partial charge in [-0.1, -0.05) is 0 Å². The van der Waals surface area contributed by atoms with Gasteiger partial charge in [-0.25, -0.2) is 9.97 Å². The molecule has 0 saturated carbocycles. The third kappa shape index (κ3) is 1.35. The topological polar surface area (TPSA) is 64.9 Å². The maximum atomic E-state index is 5.62. The Morgan fingerprint density at radius 3 is 2.71 bits per heavy atom. The molecule has 0 unspecified atom stereocenters. The lowest BCUT2D eigenvalue weighted by Crippen LogP contribution is -1.97. The molecule has 0 radical (unpaired) electrons. The number of anilines is 1. The van der Waals surface area contributed by atoms with Crippen molar-refractivity contribution in [3.63, 3.8) is 0 Å². The summed E-state index contributed by atoms with van der Waals surface area (Å²) in [6, 6.07) is 1.88. The molecule has 0 aromatic carbocycles. The molecule has 0 saturated heterocycles. The molecule has 0 fully saturated rings. The monoisotopic (exact) mass is 189 g/mol. The number of hydrogen-bond donors (Lipinski definition) is 1. The molecule has 0 atom stereocenters. The molecular formula is C10H11N3O. The number of aromatic nitrogens is 2. The number of furan rings is 1. The first kappa shape index (κ1) is 8.74. The summed E-state index contributed by atoms with van der Waals surface area (Å²) >= 11 is 0. The molecule has 0 spiro atoms. The molecule has 0 aliphatic rings. The Morgan fingerprint density at radius 1 is 1.36 bits per heavy atom. The fourth-order valence-corrected chi connectivity index (χ4v) is 1.19. The molecule has 4 nitrogen and oxygen atoms in total. The van der Waals surface area contributed by atoms with E-state index in [2.05, 4.69) is 9.97 Å². The zero-order valence-electron chi connectivity index (χ0n) is 8.11. The van der Waals surface area contributed by atoms with E-state index in [1.165, 1.54) is 0 Å². The van der Waals surface area contributed by atoms with Crippen molar-refractivity contribution in [3.8, 4) is 11.6 Å². The van der Waals surface area contributed by atoms with Crippen molar-refractivity contribution in [3.05, 3.63) is 29.8 Å². The molecule has 2 rings (SSSR count). The van der Waals surface area contributed by atoms with Crippen molar-refractivity contribution in [2.24, 2.45) is 0 Å². The van der Waals surface area contributed by atoms with E-state index in [-0.39, 0.29) is 0 Å². The second-order valence-electron chi connectivity index (χ2n) is 3.17. The van der Waals surface area contributed by atoms with Gasteiger partial charge in [0.25, 0.3) is 0 Å². The van der Waals surface area contributed by atoms with Gasteiger partial charge in [0.2, 0.25) is 0 Å². The molecule has 2 heterocycles. The van der Waals surface area contributed by atoms with Crippen LogP contribution in [0.15, 0.2) is 22.9 Å². The van der Waals surface area contributed by atoms with E-state index in [9.17, 15) is 0 Å². The van der Waals surface area contributed by atoms with Crippen molar-refractivity contribution in [2.45, 2.75) is 13.8 Å². The van der Waals surface area contributed by atoms with Gasteiger partial charge in [-0.3, -0.25) is 0 Å². The number of hydrogen-bond acceptors (Lipinski definition) is 4. The van der Waals surface area contributed by atoms with E-state index >= 15 is 0 Å². The minimum absolute atomic E-state index is 0.583. The fraction of sp³-hybridized carbons (Fsp3) is 0.200. The van der Waals surface area contributed by atoms with Gasteiger partial charge < -0.3 is 10.2 Å². The number of nitrogens with zero attached hydrogens (tertiary/aromatic N) is 2. The molecule has 2 N–H and O–H groups in total. The van der Waals surface area contributed by atoms with E-state index in [4.69, 9.17) is 10.2 Å². The maximum Gasteiger partial charge on any atom is 0.196 e. The van der Waals surface area contributed by atoms with Crippen LogP contribution < -0.4 is 5.73 Å². The van der Waals surface area contributed by atoms with Gasteiger partial charge in [-0.2, -0.15) is 0 Å². The SMILES string of the molecule is Cc1ccoc1-c1ncc(N)c(C)n1. The highest BCUT2D eigenvalue weighted by Crippen LogP contribution is 2.21. The Hall–Kier alpha value is -1.84. The first-order chi connectivity index (χ1) is 6.68. The van der Waals surface area contributed by atoms with Gasteiger partial charge in [-0.05, 0) is 25.5 Å². The third-order valence-electron chi connectivity index (χ3n) is 2.08. The van der Waals surface area contributed by atoms with Crippen LogP contribution in [0.2, 0.25) is 0 Å². The molecule has 2 aromatic rings. The average molecular weight is 189 g/mol. The van der Waals surface area contributed by atoms with Crippen LogP contribution in [-0.4, -0.2) is 9.97 Å². The van der Waals surface area contributed by atoms with Crippen LogP contribution in [-0.2, 0) is 0 Å². The van der Waals surface area contributed by atoms with Crippen molar-refractivity contribution in [1.82, 2.24) is 9.97 Å². The van der Waals surface area contributed by atoms with Crippen molar-refractivity contribution < 1.29 is 4.42 Å². The van der Waals surface area contributed by atoms with Gasteiger partial charge in [0.15, 0.2) is 11.6 Å². The highest BCUT2D eigenvalue weighted by Gasteiger charge is 2.09. The Balaban J connectivity index is 2.53. The summed E-state index contributed by atoms with van der Waals surface area (Å²) in [6.45, 7) is 3.80. The highest BCUT2D eigenvalue weighted by molar-refractivity contribution is 5.54. The second-order valence-corrected chi connectivity index (χ2v) is 3.17. The number of rotatable bonds is 1. The van der Waals surface area contributed by atoms with E-state index in [0.29, 0.717) is 17.3 Å². The summed E-state index contributed by atoms with van der Waals surface area (Å²) in [6.07, 6.45) is 3.22. The highest BCUT2D eigenvalue weighted by atomic mass is 16.3. The van der Waals surface area contributed by atoms with E-state index < -0.39 is 0 Å². The Bertz CT molecular complexity index is 462. The summed E-state index contributed by atoms with van der Waals surface area (Å²) in [5, 5.41) is 0. The molecule has 0 amide bonds. The van der Waals surface area contributed by atoms with Gasteiger partial charge in [-0.15, -0.1) is 0 Å². The largest absolute Gasteiger partial charge is 0.461 e. The normalized spacial score (nSPS) is 10.4. The zero-order valence-corrected chi connectivity index (χ0v) is 8.11. The van der Waals surface area contributed by atoms with Crippen LogP contribution in [0.3, 0.4) is 0 Å². The predicted octanol–water partition coefficient (Wildman–Crippen LogP) is 1.94. The summed E-state index contributed by atoms with van der Waals surface area (Å²) < 4.78 is 5.28. The molecule has 0 bridgehead atoms.